The molecule has 1 saturated carbocycles. The number of imidazole rings is 1. The lowest BCUT2D eigenvalue weighted by Crippen LogP contribution is -2.03. The van der Waals surface area contributed by atoms with Crippen LogP contribution in [0.2, 0.25) is 0 Å². The van der Waals surface area contributed by atoms with E-state index in [1.54, 1.807) is 0 Å². The summed E-state index contributed by atoms with van der Waals surface area (Å²) in [5, 5.41) is 4.16. The van der Waals surface area contributed by atoms with Gasteiger partial charge in [0.05, 0.1) is 22.3 Å². The molecular formula is C22H24N6O2S. The first-order chi connectivity index (χ1) is 15.2. The van der Waals surface area contributed by atoms with Gasteiger partial charge in [0.15, 0.2) is 5.13 Å². The van der Waals surface area contributed by atoms with Crippen molar-refractivity contribution in [3.8, 4) is 17.1 Å². The highest BCUT2D eigenvalue weighted by Crippen LogP contribution is 2.38. The Kier molecular flexibility index (Phi) is 5.11. The molecule has 0 spiro atoms. The van der Waals surface area contributed by atoms with Gasteiger partial charge in [-0.05, 0) is 49.4 Å². The molecule has 0 bridgehead atoms. The molecule has 1 amide bonds. The number of nitrogens with one attached hydrogen (secondary N) is 1. The van der Waals surface area contributed by atoms with Crippen molar-refractivity contribution in [2.75, 3.05) is 24.2 Å². The third-order valence-electron chi connectivity index (χ3n) is 5.55. The van der Waals surface area contributed by atoms with Crippen molar-refractivity contribution in [3.05, 3.63) is 30.3 Å². The number of carbonyl (C=O) groups is 1. The first-order valence-electron chi connectivity index (χ1n) is 10.4. The number of hydrogen-bond acceptors (Lipinski definition) is 7. The van der Waals surface area contributed by atoms with Gasteiger partial charge in [-0.25, -0.2) is 9.97 Å². The normalized spacial score (nSPS) is 15.1. The number of thiazole rings is 1. The van der Waals surface area contributed by atoms with Gasteiger partial charge >= 0.3 is 0 Å². The maximum atomic E-state index is 8.58. The van der Waals surface area contributed by atoms with Gasteiger partial charge in [-0.15, -0.1) is 0 Å². The van der Waals surface area contributed by atoms with Crippen LogP contribution in [0.1, 0.15) is 19.3 Å². The molecular weight excluding hydrogens is 412 g/mol. The molecule has 31 heavy (non-hydrogen) atoms. The second-order valence-corrected chi connectivity index (χ2v) is 8.89. The molecule has 0 saturated heterocycles. The van der Waals surface area contributed by atoms with Crippen LogP contribution in [-0.2, 0) is 11.3 Å². The van der Waals surface area contributed by atoms with Crippen LogP contribution in [0.3, 0.4) is 0 Å². The number of nitrogen functional groups attached to an aromatic ring is 1. The molecule has 2 aliphatic rings. The Balaban J connectivity index is 0.000000646. The van der Waals surface area contributed by atoms with Gasteiger partial charge in [0.25, 0.3) is 0 Å². The van der Waals surface area contributed by atoms with Gasteiger partial charge in [0.1, 0.15) is 17.1 Å². The number of nitrogens with zero attached hydrogens (tertiary/aromatic N) is 3. The van der Waals surface area contributed by atoms with E-state index in [0.29, 0.717) is 5.13 Å². The van der Waals surface area contributed by atoms with Gasteiger partial charge in [0.2, 0.25) is 6.41 Å². The minimum Gasteiger partial charge on any atom is -0.491 e. The third-order valence-corrected chi connectivity index (χ3v) is 6.39. The topological polar surface area (TPSA) is 121 Å². The lowest BCUT2D eigenvalue weighted by molar-refractivity contribution is -0.106. The molecule has 2 aromatic carbocycles. The number of fused-ring (bicyclic) bond motifs is 1. The Labute approximate surface area is 183 Å². The van der Waals surface area contributed by atoms with E-state index in [2.05, 4.69) is 44.9 Å². The van der Waals surface area contributed by atoms with Crippen LogP contribution >= 0.6 is 11.3 Å². The number of carbonyl (C=O) groups excluding carboxylic acids is 1. The number of anilines is 2. The van der Waals surface area contributed by atoms with Crippen LogP contribution in [0, 0.1) is 5.92 Å². The quantitative estimate of drug-likeness (QED) is 0.420. The third kappa shape index (κ3) is 3.88. The summed E-state index contributed by atoms with van der Waals surface area (Å²) in [4.78, 5) is 18.0. The van der Waals surface area contributed by atoms with Crippen molar-refractivity contribution in [2.45, 2.75) is 25.8 Å². The zero-order chi connectivity index (χ0) is 21.4. The van der Waals surface area contributed by atoms with E-state index in [1.807, 2.05) is 6.07 Å². The standard InChI is InChI=1S/C21H21N5OS.CH3NO/c22-21-25-15-5-4-13(8-18(15)28-21)20-24-16-9-14(23-11-12-2-3-12)10-17-19(16)26(20)6-1-7-27-17;2-1-3/h4-5,8-10,12,23H,1-3,6-7,11H2,(H2,22,25);1H,(H2,2,3). The Morgan fingerprint density at radius 2 is 2.06 bits per heavy atom. The van der Waals surface area contributed by atoms with Gasteiger partial charge < -0.3 is 26.1 Å². The van der Waals surface area contributed by atoms with Crippen molar-refractivity contribution in [1.29, 1.82) is 0 Å². The summed E-state index contributed by atoms with van der Waals surface area (Å²) in [5.41, 5.74) is 15.2. The van der Waals surface area contributed by atoms with Crippen LogP contribution in [0.4, 0.5) is 10.8 Å². The van der Waals surface area contributed by atoms with Crippen LogP contribution in [0.25, 0.3) is 32.6 Å². The molecule has 5 N–H and O–H groups in total. The average Bonchev–Trinajstić information content (AvgIpc) is 3.45. The Hall–Kier alpha value is -3.33. The molecule has 2 aromatic heterocycles. The molecule has 1 aliphatic heterocycles. The summed E-state index contributed by atoms with van der Waals surface area (Å²) in [6.07, 6.45) is 3.89. The molecule has 9 heteroatoms. The molecule has 0 radical (unpaired) electrons. The highest BCUT2D eigenvalue weighted by Gasteiger charge is 2.23. The van der Waals surface area contributed by atoms with Crippen molar-refractivity contribution in [1.82, 2.24) is 14.5 Å². The van der Waals surface area contributed by atoms with E-state index >= 15 is 0 Å². The number of amides is 1. The average molecular weight is 437 g/mol. The molecule has 160 valence electrons. The predicted octanol–water partition coefficient (Wildman–Crippen LogP) is 3.60. The van der Waals surface area contributed by atoms with Crippen molar-refractivity contribution in [2.24, 2.45) is 11.7 Å². The minimum atomic E-state index is 0.250. The minimum absolute atomic E-state index is 0.250. The van der Waals surface area contributed by atoms with E-state index in [-0.39, 0.29) is 6.41 Å². The lowest BCUT2D eigenvalue weighted by atomic mass is 10.2. The Morgan fingerprint density at radius 1 is 1.23 bits per heavy atom. The van der Waals surface area contributed by atoms with Gasteiger partial charge in [-0.1, -0.05) is 11.3 Å². The first-order valence-corrected chi connectivity index (χ1v) is 11.2. The number of ether oxygens (including phenoxy) is 1. The zero-order valence-electron chi connectivity index (χ0n) is 17.0. The largest absolute Gasteiger partial charge is 0.491 e. The molecule has 6 rings (SSSR count). The highest BCUT2D eigenvalue weighted by atomic mass is 32.1. The van der Waals surface area contributed by atoms with Crippen molar-refractivity contribution in [3.63, 3.8) is 0 Å². The second kappa shape index (κ2) is 8.07. The molecule has 8 nitrogen and oxygen atoms in total. The summed E-state index contributed by atoms with van der Waals surface area (Å²) >= 11 is 1.52. The van der Waals surface area contributed by atoms with E-state index in [1.165, 1.54) is 24.2 Å². The molecule has 4 aromatic rings. The number of benzene rings is 2. The van der Waals surface area contributed by atoms with Crippen LogP contribution in [0.15, 0.2) is 30.3 Å². The Morgan fingerprint density at radius 3 is 2.87 bits per heavy atom. The number of hydrogen-bond donors (Lipinski definition) is 3. The number of rotatable bonds is 4. The lowest BCUT2D eigenvalue weighted by Gasteiger charge is -2.10. The smallest absolute Gasteiger partial charge is 0.204 e. The summed E-state index contributed by atoms with van der Waals surface area (Å²) < 4.78 is 9.47. The molecule has 1 aliphatic carbocycles. The van der Waals surface area contributed by atoms with Gasteiger partial charge in [-0.2, -0.15) is 0 Å². The summed E-state index contributed by atoms with van der Waals surface area (Å²) in [6, 6.07) is 10.5. The molecule has 3 heterocycles. The molecule has 0 atom stereocenters. The fraction of sp³-hybridized carbons (Fsp3) is 0.318. The summed E-state index contributed by atoms with van der Waals surface area (Å²) in [6.45, 7) is 2.66. The number of nitrogens with two attached hydrogens (primary N) is 2. The van der Waals surface area contributed by atoms with Crippen molar-refractivity contribution >= 4 is 49.8 Å². The summed E-state index contributed by atoms with van der Waals surface area (Å²) in [5.74, 6) is 2.73. The van der Waals surface area contributed by atoms with E-state index in [4.69, 9.17) is 20.2 Å². The maximum absolute atomic E-state index is 8.58. The number of aryl methyl sites for hydroxylation is 1. The van der Waals surface area contributed by atoms with Crippen LogP contribution < -0.4 is 21.5 Å². The second-order valence-electron chi connectivity index (χ2n) is 7.83. The SMILES string of the molecule is NC=O.Nc1nc2ccc(-c3nc4cc(NCC5CC5)cc5c4n3CCCO5)cc2s1. The number of aromatic nitrogens is 3. The van der Waals surface area contributed by atoms with Crippen LogP contribution in [0.5, 0.6) is 5.75 Å². The van der Waals surface area contributed by atoms with Gasteiger partial charge in [0, 0.05) is 30.4 Å². The Bertz CT molecular complexity index is 1260. The van der Waals surface area contributed by atoms with E-state index < -0.39 is 0 Å². The highest BCUT2D eigenvalue weighted by molar-refractivity contribution is 7.22. The zero-order valence-corrected chi connectivity index (χ0v) is 17.8. The predicted molar refractivity (Wildman–Crippen MR) is 124 cm³/mol. The van der Waals surface area contributed by atoms with E-state index in [9.17, 15) is 0 Å². The fourth-order valence-corrected chi connectivity index (χ4v) is 4.72. The first kappa shape index (κ1) is 19.6. The van der Waals surface area contributed by atoms with Gasteiger partial charge in [-0.3, -0.25) is 4.79 Å². The fourth-order valence-electron chi connectivity index (χ4n) is 3.95. The maximum Gasteiger partial charge on any atom is 0.204 e. The monoisotopic (exact) mass is 436 g/mol. The number of primary amides is 1. The van der Waals surface area contributed by atoms with Crippen molar-refractivity contribution < 1.29 is 9.53 Å². The molecule has 1 fully saturated rings. The molecule has 0 unspecified atom stereocenters. The van der Waals surface area contributed by atoms with Crippen LogP contribution in [-0.4, -0.2) is 34.1 Å². The van der Waals surface area contributed by atoms with E-state index in [0.717, 1.165) is 76.1 Å². The summed E-state index contributed by atoms with van der Waals surface area (Å²) in [7, 11) is 0.